The number of unbranched alkanes of at least 4 members (excludes halogenated alkanes) is 3. The van der Waals surface area contributed by atoms with Gasteiger partial charge < -0.3 is 10.5 Å². The van der Waals surface area contributed by atoms with Crippen LogP contribution in [0.25, 0.3) is 0 Å². The average molecular weight is 237 g/mol. The highest BCUT2D eigenvalue weighted by Gasteiger charge is 2.06. The van der Waals surface area contributed by atoms with Crippen molar-refractivity contribution >= 4 is 5.82 Å². The van der Waals surface area contributed by atoms with Crippen molar-refractivity contribution in [3.05, 3.63) is 11.9 Å². The first kappa shape index (κ1) is 13.7. The van der Waals surface area contributed by atoms with Crippen LogP contribution in [0.4, 0.5) is 5.82 Å². The standard InChI is InChI=1S/C13H23N3O/c1-4-5-6-7-8-10(2)17-13-9-12(14)15-11(3)16-13/h9-10H,4-8H2,1-3H3,(H2,14,15,16). The van der Waals surface area contributed by atoms with Gasteiger partial charge >= 0.3 is 0 Å². The molecule has 0 bridgehead atoms. The summed E-state index contributed by atoms with van der Waals surface area (Å²) in [6, 6.07) is 1.68. The Labute approximate surface area is 104 Å². The van der Waals surface area contributed by atoms with Gasteiger partial charge in [0.05, 0.1) is 6.10 Å². The third-order valence-corrected chi connectivity index (χ3v) is 2.62. The summed E-state index contributed by atoms with van der Waals surface area (Å²) in [5.74, 6) is 1.70. The highest BCUT2D eigenvalue weighted by molar-refractivity contribution is 5.32. The van der Waals surface area contributed by atoms with Crippen molar-refractivity contribution in [1.29, 1.82) is 0 Å². The molecule has 0 radical (unpaired) electrons. The topological polar surface area (TPSA) is 61.0 Å². The Morgan fingerprint density at radius 2 is 2.06 bits per heavy atom. The van der Waals surface area contributed by atoms with Crippen LogP contribution in [0.1, 0.15) is 51.8 Å². The van der Waals surface area contributed by atoms with Gasteiger partial charge in [0, 0.05) is 6.07 Å². The van der Waals surface area contributed by atoms with Crippen LogP contribution in [-0.4, -0.2) is 16.1 Å². The minimum atomic E-state index is 0.181. The minimum Gasteiger partial charge on any atom is -0.475 e. The summed E-state index contributed by atoms with van der Waals surface area (Å²) in [7, 11) is 0. The van der Waals surface area contributed by atoms with Crippen LogP contribution in [0.3, 0.4) is 0 Å². The van der Waals surface area contributed by atoms with Crippen LogP contribution in [0.2, 0.25) is 0 Å². The first-order valence-corrected chi connectivity index (χ1v) is 6.39. The summed E-state index contributed by atoms with van der Waals surface area (Å²) >= 11 is 0. The summed E-state index contributed by atoms with van der Waals surface area (Å²) in [5, 5.41) is 0. The maximum Gasteiger partial charge on any atom is 0.218 e. The zero-order valence-corrected chi connectivity index (χ0v) is 11.1. The molecule has 0 aromatic carbocycles. The molecular weight excluding hydrogens is 214 g/mol. The van der Waals surface area contributed by atoms with Crippen molar-refractivity contribution in [2.24, 2.45) is 0 Å². The van der Waals surface area contributed by atoms with Gasteiger partial charge in [-0.3, -0.25) is 0 Å². The lowest BCUT2D eigenvalue weighted by Crippen LogP contribution is -2.13. The van der Waals surface area contributed by atoms with Gasteiger partial charge in [-0.05, 0) is 26.7 Å². The van der Waals surface area contributed by atoms with Gasteiger partial charge in [-0.1, -0.05) is 26.2 Å². The number of aromatic nitrogens is 2. The van der Waals surface area contributed by atoms with Gasteiger partial charge in [0.1, 0.15) is 11.6 Å². The number of aryl methyl sites for hydroxylation is 1. The lowest BCUT2D eigenvalue weighted by atomic mass is 10.1. The molecule has 0 aliphatic carbocycles. The zero-order chi connectivity index (χ0) is 12.7. The van der Waals surface area contributed by atoms with E-state index in [9.17, 15) is 0 Å². The Balaban J connectivity index is 2.36. The summed E-state index contributed by atoms with van der Waals surface area (Å²) < 4.78 is 5.73. The van der Waals surface area contributed by atoms with Crippen molar-refractivity contribution in [3.8, 4) is 5.88 Å². The van der Waals surface area contributed by atoms with Crippen LogP contribution >= 0.6 is 0 Å². The lowest BCUT2D eigenvalue weighted by Gasteiger charge is -2.14. The average Bonchev–Trinajstić information content (AvgIpc) is 2.23. The molecule has 2 N–H and O–H groups in total. The Morgan fingerprint density at radius 1 is 1.29 bits per heavy atom. The van der Waals surface area contributed by atoms with Crippen molar-refractivity contribution in [2.45, 2.75) is 59.0 Å². The molecule has 1 atom stereocenters. The minimum absolute atomic E-state index is 0.181. The Morgan fingerprint density at radius 3 is 2.71 bits per heavy atom. The molecular formula is C13H23N3O. The maximum atomic E-state index is 5.73. The highest BCUT2D eigenvalue weighted by Crippen LogP contribution is 2.15. The van der Waals surface area contributed by atoms with Crippen LogP contribution in [0.5, 0.6) is 5.88 Å². The Bertz CT molecular complexity index is 321. The molecule has 0 amide bonds. The largest absolute Gasteiger partial charge is 0.475 e. The summed E-state index contributed by atoms with van der Waals surface area (Å²) in [4.78, 5) is 8.22. The van der Waals surface area contributed by atoms with Gasteiger partial charge in [-0.2, -0.15) is 4.98 Å². The van der Waals surface area contributed by atoms with E-state index < -0.39 is 0 Å². The normalized spacial score (nSPS) is 12.4. The SMILES string of the molecule is CCCCCCC(C)Oc1cc(N)nc(C)n1. The number of hydrogen-bond acceptors (Lipinski definition) is 4. The van der Waals surface area contributed by atoms with E-state index in [1.165, 1.54) is 25.7 Å². The number of hydrogen-bond donors (Lipinski definition) is 1. The van der Waals surface area contributed by atoms with Crippen LogP contribution < -0.4 is 10.5 Å². The van der Waals surface area contributed by atoms with Gasteiger partial charge in [0.15, 0.2) is 0 Å². The van der Waals surface area contributed by atoms with Crippen molar-refractivity contribution in [2.75, 3.05) is 5.73 Å². The second-order valence-corrected chi connectivity index (χ2v) is 4.46. The lowest BCUT2D eigenvalue weighted by molar-refractivity contribution is 0.197. The van der Waals surface area contributed by atoms with Crippen LogP contribution in [0.15, 0.2) is 6.07 Å². The van der Waals surface area contributed by atoms with Crippen molar-refractivity contribution < 1.29 is 4.74 Å². The van der Waals surface area contributed by atoms with Gasteiger partial charge in [0.2, 0.25) is 5.88 Å². The quantitative estimate of drug-likeness (QED) is 0.740. The molecule has 1 unspecified atom stereocenters. The van der Waals surface area contributed by atoms with E-state index in [0.29, 0.717) is 17.5 Å². The van der Waals surface area contributed by atoms with E-state index in [-0.39, 0.29) is 6.10 Å². The first-order valence-electron chi connectivity index (χ1n) is 6.39. The van der Waals surface area contributed by atoms with Crippen LogP contribution in [0, 0.1) is 6.92 Å². The molecule has 4 heteroatoms. The maximum absolute atomic E-state index is 5.73. The van der Waals surface area contributed by atoms with E-state index in [1.54, 1.807) is 6.07 Å². The smallest absolute Gasteiger partial charge is 0.218 e. The molecule has 96 valence electrons. The van der Waals surface area contributed by atoms with E-state index in [2.05, 4.69) is 23.8 Å². The predicted octanol–water partition coefficient (Wildman–Crippen LogP) is 3.10. The summed E-state index contributed by atoms with van der Waals surface area (Å²) in [6.45, 7) is 6.10. The molecule has 0 aliphatic rings. The number of nitrogens with zero attached hydrogens (tertiary/aromatic N) is 2. The fourth-order valence-electron chi connectivity index (χ4n) is 1.75. The molecule has 1 heterocycles. The monoisotopic (exact) mass is 237 g/mol. The van der Waals surface area contributed by atoms with Gasteiger partial charge in [-0.25, -0.2) is 4.98 Å². The van der Waals surface area contributed by atoms with Crippen molar-refractivity contribution in [1.82, 2.24) is 9.97 Å². The fourth-order valence-corrected chi connectivity index (χ4v) is 1.75. The second-order valence-electron chi connectivity index (χ2n) is 4.46. The predicted molar refractivity (Wildman–Crippen MR) is 70.0 cm³/mol. The molecule has 1 aromatic rings. The third kappa shape index (κ3) is 5.52. The number of rotatable bonds is 7. The van der Waals surface area contributed by atoms with E-state index in [1.807, 2.05) is 6.92 Å². The number of anilines is 1. The molecule has 17 heavy (non-hydrogen) atoms. The summed E-state index contributed by atoms with van der Waals surface area (Å²) in [5.41, 5.74) is 5.64. The molecule has 0 saturated carbocycles. The van der Waals surface area contributed by atoms with Gasteiger partial charge in [-0.15, -0.1) is 0 Å². The highest BCUT2D eigenvalue weighted by atomic mass is 16.5. The van der Waals surface area contributed by atoms with Crippen molar-refractivity contribution in [3.63, 3.8) is 0 Å². The fraction of sp³-hybridized carbons (Fsp3) is 0.692. The first-order chi connectivity index (χ1) is 8.11. The third-order valence-electron chi connectivity index (χ3n) is 2.62. The molecule has 1 rings (SSSR count). The number of nitrogen functional groups attached to an aromatic ring is 1. The van der Waals surface area contributed by atoms with Crippen LogP contribution in [-0.2, 0) is 0 Å². The van der Waals surface area contributed by atoms with E-state index in [0.717, 1.165) is 6.42 Å². The molecule has 0 spiro atoms. The second kappa shape index (κ2) is 7.09. The zero-order valence-electron chi connectivity index (χ0n) is 11.1. The Kier molecular flexibility index (Phi) is 5.73. The van der Waals surface area contributed by atoms with Gasteiger partial charge in [0.25, 0.3) is 0 Å². The molecule has 0 saturated heterocycles. The van der Waals surface area contributed by atoms with E-state index in [4.69, 9.17) is 10.5 Å². The summed E-state index contributed by atoms with van der Waals surface area (Å²) in [6.07, 6.45) is 6.27. The molecule has 0 aliphatic heterocycles. The molecule has 1 aromatic heterocycles. The molecule has 0 fully saturated rings. The Hall–Kier alpha value is -1.32. The number of ether oxygens (including phenoxy) is 1. The number of nitrogens with two attached hydrogens (primary N) is 1. The van der Waals surface area contributed by atoms with E-state index >= 15 is 0 Å². The molecule has 4 nitrogen and oxygen atoms in total.